The van der Waals surface area contributed by atoms with Crippen molar-refractivity contribution < 1.29 is 5.11 Å². The van der Waals surface area contributed by atoms with E-state index in [0.29, 0.717) is 10.9 Å². The van der Waals surface area contributed by atoms with Crippen LogP contribution in [0.4, 0.5) is 0 Å². The maximum atomic E-state index is 9.67. The van der Waals surface area contributed by atoms with Gasteiger partial charge in [0.25, 0.3) is 0 Å². The maximum absolute atomic E-state index is 9.67. The van der Waals surface area contributed by atoms with E-state index in [1.54, 1.807) is 6.07 Å². The Hall–Kier alpha value is -0.730. The molecule has 14 heavy (non-hydrogen) atoms. The second-order valence-corrected chi connectivity index (χ2v) is 4.34. The van der Waals surface area contributed by atoms with Crippen LogP contribution in [0.5, 0.6) is 5.75 Å². The summed E-state index contributed by atoms with van der Waals surface area (Å²) in [6.45, 7) is 5.94. The molecule has 0 saturated carbocycles. The Morgan fingerprint density at radius 2 is 1.93 bits per heavy atom. The van der Waals surface area contributed by atoms with Crippen LogP contribution in [0, 0.1) is 12.8 Å². The molecule has 1 unspecified atom stereocenters. The number of halogens is 1. The molecule has 0 amide bonds. The fourth-order valence-electron chi connectivity index (χ4n) is 1.32. The highest BCUT2D eigenvalue weighted by atomic mass is 35.5. The van der Waals surface area contributed by atoms with Crippen LogP contribution in [-0.4, -0.2) is 5.11 Å². The van der Waals surface area contributed by atoms with Crippen molar-refractivity contribution in [2.45, 2.75) is 26.8 Å². The Labute approximate surface area is 89.7 Å². The van der Waals surface area contributed by atoms with Gasteiger partial charge < -0.3 is 10.8 Å². The summed E-state index contributed by atoms with van der Waals surface area (Å²) in [5.41, 5.74) is 7.66. The van der Waals surface area contributed by atoms with Gasteiger partial charge in [0.2, 0.25) is 0 Å². The molecule has 1 atom stereocenters. The van der Waals surface area contributed by atoms with Crippen molar-refractivity contribution in [1.82, 2.24) is 0 Å². The Kier molecular flexibility index (Phi) is 3.40. The third-order valence-corrected chi connectivity index (χ3v) is 2.79. The van der Waals surface area contributed by atoms with E-state index in [4.69, 9.17) is 17.3 Å². The van der Waals surface area contributed by atoms with Crippen molar-refractivity contribution in [2.24, 2.45) is 11.7 Å². The molecule has 1 aromatic carbocycles. The van der Waals surface area contributed by atoms with Gasteiger partial charge in [-0.3, -0.25) is 0 Å². The number of rotatable bonds is 2. The van der Waals surface area contributed by atoms with Crippen molar-refractivity contribution in [3.05, 3.63) is 28.3 Å². The minimum Gasteiger partial charge on any atom is -0.508 e. The molecule has 1 aromatic rings. The third kappa shape index (κ3) is 2.20. The molecule has 2 nitrogen and oxygen atoms in total. The first-order valence-electron chi connectivity index (χ1n) is 4.68. The van der Waals surface area contributed by atoms with Gasteiger partial charge in [0.1, 0.15) is 5.75 Å². The first-order valence-corrected chi connectivity index (χ1v) is 5.06. The number of phenols is 1. The van der Waals surface area contributed by atoms with Gasteiger partial charge >= 0.3 is 0 Å². The Morgan fingerprint density at radius 1 is 1.36 bits per heavy atom. The normalized spacial score (nSPS) is 13.3. The minimum absolute atomic E-state index is 0.147. The second-order valence-electron chi connectivity index (χ2n) is 3.93. The van der Waals surface area contributed by atoms with E-state index in [9.17, 15) is 5.11 Å². The summed E-state index contributed by atoms with van der Waals surface area (Å²) >= 11 is 5.87. The SMILES string of the molecule is Cc1cc(C(N)C(C)C)c(O)cc1Cl. The molecule has 0 aliphatic heterocycles. The molecule has 0 heterocycles. The van der Waals surface area contributed by atoms with Gasteiger partial charge in [0, 0.05) is 16.6 Å². The molecule has 0 aromatic heterocycles. The highest BCUT2D eigenvalue weighted by molar-refractivity contribution is 6.31. The van der Waals surface area contributed by atoms with Crippen LogP contribution in [0.2, 0.25) is 5.02 Å². The van der Waals surface area contributed by atoms with Gasteiger partial charge in [-0.15, -0.1) is 0 Å². The Balaban J connectivity index is 3.15. The lowest BCUT2D eigenvalue weighted by Gasteiger charge is -2.18. The molecule has 78 valence electrons. The van der Waals surface area contributed by atoms with Crippen LogP contribution in [0.1, 0.15) is 31.0 Å². The average Bonchev–Trinajstić information content (AvgIpc) is 2.10. The van der Waals surface area contributed by atoms with Crippen molar-refractivity contribution in [1.29, 1.82) is 0 Å². The lowest BCUT2D eigenvalue weighted by molar-refractivity contribution is 0.439. The molecule has 1 rings (SSSR count). The van der Waals surface area contributed by atoms with Gasteiger partial charge in [0.15, 0.2) is 0 Å². The highest BCUT2D eigenvalue weighted by Gasteiger charge is 2.15. The van der Waals surface area contributed by atoms with Gasteiger partial charge in [-0.05, 0) is 30.5 Å². The fraction of sp³-hybridized carbons (Fsp3) is 0.455. The number of aryl methyl sites for hydroxylation is 1. The van der Waals surface area contributed by atoms with Crippen molar-refractivity contribution >= 4 is 11.6 Å². The molecule has 3 N–H and O–H groups in total. The van der Waals surface area contributed by atoms with Crippen LogP contribution in [0.15, 0.2) is 12.1 Å². The molecular formula is C11H16ClNO. The summed E-state index contributed by atoms with van der Waals surface area (Å²) < 4.78 is 0. The van der Waals surface area contributed by atoms with Crippen molar-refractivity contribution in [3.63, 3.8) is 0 Å². The standard InChI is InChI=1S/C11H16ClNO/c1-6(2)11(13)8-4-7(3)9(12)5-10(8)14/h4-6,11,14H,13H2,1-3H3. The predicted octanol–water partition coefficient (Wildman–Crippen LogP) is 3.01. The van der Waals surface area contributed by atoms with Gasteiger partial charge in [0.05, 0.1) is 0 Å². The first kappa shape index (κ1) is 11.3. The molecule has 0 saturated heterocycles. The fourth-order valence-corrected chi connectivity index (χ4v) is 1.48. The zero-order valence-corrected chi connectivity index (χ0v) is 9.47. The van der Waals surface area contributed by atoms with Crippen LogP contribution in [0.25, 0.3) is 0 Å². The second kappa shape index (κ2) is 4.20. The summed E-state index contributed by atoms with van der Waals surface area (Å²) in [4.78, 5) is 0. The number of nitrogens with two attached hydrogens (primary N) is 1. The molecule has 0 fully saturated rings. The minimum atomic E-state index is -0.147. The smallest absolute Gasteiger partial charge is 0.121 e. The molecule has 3 heteroatoms. The molecular weight excluding hydrogens is 198 g/mol. The van der Waals surface area contributed by atoms with Crippen LogP contribution < -0.4 is 5.73 Å². The quantitative estimate of drug-likeness (QED) is 0.794. The molecule has 0 radical (unpaired) electrons. The average molecular weight is 214 g/mol. The Morgan fingerprint density at radius 3 is 2.43 bits per heavy atom. The van der Waals surface area contributed by atoms with E-state index in [0.717, 1.165) is 11.1 Å². The van der Waals surface area contributed by atoms with E-state index in [1.165, 1.54) is 0 Å². The summed E-state index contributed by atoms with van der Waals surface area (Å²) in [5.74, 6) is 0.475. The third-order valence-electron chi connectivity index (χ3n) is 2.39. The summed E-state index contributed by atoms with van der Waals surface area (Å²) in [7, 11) is 0. The lowest BCUT2D eigenvalue weighted by atomic mass is 9.95. The van der Waals surface area contributed by atoms with Crippen LogP contribution in [-0.2, 0) is 0 Å². The van der Waals surface area contributed by atoms with Gasteiger partial charge in [-0.2, -0.15) is 0 Å². The molecule has 0 bridgehead atoms. The van der Waals surface area contributed by atoms with Crippen molar-refractivity contribution in [3.8, 4) is 5.75 Å². The van der Waals surface area contributed by atoms with Crippen LogP contribution >= 0.6 is 11.6 Å². The number of hydrogen-bond acceptors (Lipinski definition) is 2. The maximum Gasteiger partial charge on any atom is 0.121 e. The predicted molar refractivity (Wildman–Crippen MR) is 59.6 cm³/mol. The zero-order chi connectivity index (χ0) is 10.9. The first-order chi connectivity index (χ1) is 6.43. The highest BCUT2D eigenvalue weighted by Crippen LogP contribution is 2.31. The van der Waals surface area contributed by atoms with E-state index >= 15 is 0 Å². The lowest BCUT2D eigenvalue weighted by Crippen LogP contribution is -2.16. The zero-order valence-electron chi connectivity index (χ0n) is 8.71. The van der Waals surface area contributed by atoms with Crippen LogP contribution in [0.3, 0.4) is 0 Å². The Bertz CT molecular complexity index is 336. The number of hydrogen-bond donors (Lipinski definition) is 2. The van der Waals surface area contributed by atoms with Gasteiger partial charge in [-0.25, -0.2) is 0 Å². The van der Waals surface area contributed by atoms with Gasteiger partial charge in [-0.1, -0.05) is 25.4 Å². The summed E-state index contributed by atoms with van der Waals surface area (Å²) in [5, 5.41) is 10.2. The molecule has 0 spiro atoms. The topological polar surface area (TPSA) is 46.2 Å². The molecule has 0 aliphatic rings. The largest absolute Gasteiger partial charge is 0.508 e. The number of phenolic OH excluding ortho intramolecular Hbond substituents is 1. The van der Waals surface area contributed by atoms with E-state index in [-0.39, 0.29) is 11.8 Å². The van der Waals surface area contributed by atoms with E-state index in [1.807, 2.05) is 26.8 Å². The van der Waals surface area contributed by atoms with E-state index < -0.39 is 0 Å². The van der Waals surface area contributed by atoms with E-state index in [2.05, 4.69) is 0 Å². The monoisotopic (exact) mass is 213 g/mol. The summed E-state index contributed by atoms with van der Waals surface area (Å²) in [6, 6.07) is 3.25. The summed E-state index contributed by atoms with van der Waals surface area (Å²) in [6.07, 6.45) is 0. The number of benzene rings is 1. The molecule has 0 aliphatic carbocycles. The van der Waals surface area contributed by atoms with Crippen molar-refractivity contribution in [2.75, 3.05) is 0 Å². The number of aromatic hydroxyl groups is 1.